The molecule has 0 saturated carbocycles. The molecule has 1 amide bonds. The summed E-state index contributed by atoms with van der Waals surface area (Å²) in [6.07, 6.45) is 3.02. The molecule has 0 atom stereocenters. The van der Waals surface area contributed by atoms with Crippen LogP contribution in [-0.2, 0) is 4.74 Å². The maximum Gasteiger partial charge on any atom is 0.337 e. The van der Waals surface area contributed by atoms with Crippen LogP contribution in [0.3, 0.4) is 0 Å². The van der Waals surface area contributed by atoms with E-state index in [0.717, 1.165) is 16.7 Å². The number of primary amides is 1. The third kappa shape index (κ3) is 5.10. The SMILES string of the molecule is COC(=O)c1cc(Nc2c(C(N)=O)cnc3cc(-c4cnc(OC)nc4OC)ccc23)cc(-c2ccccc2)c1. The number of carbonyl (C=O) groups is 2. The van der Waals surface area contributed by atoms with Crippen LogP contribution in [0, 0.1) is 0 Å². The fourth-order valence-electron chi connectivity index (χ4n) is 4.36. The van der Waals surface area contributed by atoms with E-state index in [-0.39, 0.29) is 11.6 Å². The summed E-state index contributed by atoms with van der Waals surface area (Å²) in [5.41, 5.74) is 10.9. The number of pyridine rings is 1. The van der Waals surface area contributed by atoms with E-state index in [0.29, 0.717) is 39.3 Å². The largest absolute Gasteiger partial charge is 0.480 e. The molecule has 0 aliphatic rings. The molecule has 40 heavy (non-hydrogen) atoms. The molecule has 3 N–H and O–H groups in total. The first-order valence-electron chi connectivity index (χ1n) is 12.2. The number of methoxy groups -OCH3 is 3. The van der Waals surface area contributed by atoms with Gasteiger partial charge in [0.15, 0.2) is 0 Å². The maximum atomic E-state index is 12.5. The van der Waals surface area contributed by atoms with Crippen molar-refractivity contribution in [2.45, 2.75) is 0 Å². The van der Waals surface area contributed by atoms with Crippen molar-refractivity contribution in [3.63, 3.8) is 0 Å². The lowest BCUT2D eigenvalue weighted by Gasteiger charge is -2.16. The van der Waals surface area contributed by atoms with Gasteiger partial charge in [-0.3, -0.25) is 9.78 Å². The van der Waals surface area contributed by atoms with Gasteiger partial charge < -0.3 is 25.3 Å². The maximum absolute atomic E-state index is 12.5. The van der Waals surface area contributed by atoms with Gasteiger partial charge in [0.05, 0.1) is 49.2 Å². The van der Waals surface area contributed by atoms with Gasteiger partial charge >= 0.3 is 12.0 Å². The number of benzene rings is 3. The van der Waals surface area contributed by atoms with Gasteiger partial charge in [-0.05, 0) is 41.0 Å². The van der Waals surface area contributed by atoms with E-state index in [2.05, 4.69) is 20.3 Å². The smallest absolute Gasteiger partial charge is 0.337 e. The first-order chi connectivity index (χ1) is 19.4. The van der Waals surface area contributed by atoms with Gasteiger partial charge in [0.25, 0.3) is 5.91 Å². The first-order valence-corrected chi connectivity index (χ1v) is 12.2. The van der Waals surface area contributed by atoms with Crippen molar-refractivity contribution in [1.82, 2.24) is 15.0 Å². The summed E-state index contributed by atoms with van der Waals surface area (Å²) in [6.45, 7) is 0. The number of rotatable bonds is 8. The second kappa shape index (κ2) is 11.1. The Bertz CT molecular complexity index is 1740. The zero-order valence-corrected chi connectivity index (χ0v) is 22.0. The second-order valence-corrected chi connectivity index (χ2v) is 8.70. The van der Waals surface area contributed by atoms with Crippen molar-refractivity contribution >= 4 is 34.2 Å². The highest BCUT2D eigenvalue weighted by molar-refractivity contribution is 6.08. The van der Waals surface area contributed by atoms with E-state index in [1.54, 1.807) is 18.3 Å². The lowest BCUT2D eigenvalue weighted by Crippen LogP contribution is -2.14. The number of fused-ring (bicyclic) bond motifs is 1. The highest BCUT2D eigenvalue weighted by atomic mass is 16.5. The van der Waals surface area contributed by atoms with E-state index in [1.807, 2.05) is 54.6 Å². The minimum Gasteiger partial charge on any atom is -0.480 e. The molecule has 0 radical (unpaired) electrons. The molecule has 10 heteroatoms. The number of aromatic nitrogens is 3. The average Bonchev–Trinajstić information content (AvgIpc) is 3.00. The number of amides is 1. The van der Waals surface area contributed by atoms with Crippen LogP contribution < -0.4 is 20.5 Å². The highest BCUT2D eigenvalue weighted by Gasteiger charge is 2.18. The average molecular weight is 536 g/mol. The van der Waals surface area contributed by atoms with Crippen LogP contribution in [0.1, 0.15) is 20.7 Å². The predicted molar refractivity (Wildman–Crippen MR) is 151 cm³/mol. The highest BCUT2D eigenvalue weighted by Crippen LogP contribution is 2.36. The van der Waals surface area contributed by atoms with Crippen LogP contribution in [0.25, 0.3) is 33.2 Å². The van der Waals surface area contributed by atoms with E-state index in [1.165, 1.54) is 27.5 Å². The van der Waals surface area contributed by atoms with Crippen LogP contribution in [0.15, 0.2) is 79.1 Å². The standard InChI is InChI=1S/C30H25N5O5/c1-38-28-23(15-33-30(35-28)40-3)18-9-10-22-25(14-18)32-16-24(27(31)36)26(22)34-21-12-19(17-7-5-4-6-8-17)11-20(13-21)29(37)39-2/h4-16H,1-3H3,(H2,31,36)(H,32,34). The van der Waals surface area contributed by atoms with Gasteiger partial charge in [0.1, 0.15) is 0 Å². The number of nitrogens with zero attached hydrogens (tertiary/aromatic N) is 3. The molecule has 0 bridgehead atoms. The Hall–Kier alpha value is -5.51. The Labute approximate surface area is 229 Å². The molecular formula is C30H25N5O5. The molecule has 0 saturated heterocycles. The van der Waals surface area contributed by atoms with E-state index < -0.39 is 11.9 Å². The Kier molecular flexibility index (Phi) is 7.23. The normalized spacial score (nSPS) is 10.7. The van der Waals surface area contributed by atoms with Crippen LogP contribution in [0.4, 0.5) is 11.4 Å². The summed E-state index contributed by atoms with van der Waals surface area (Å²) in [5, 5.41) is 3.95. The van der Waals surface area contributed by atoms with Gasteiger partial charge in [0.2, 0.25) is 5.88 Å². The summed E-state index contributed by atoms with van der Waals surface area (Å²) in [6, 6.07) is 20.6. The van der Waals surface area contributed by atoms with Gasteiger partial charge in [-0.2, -0.15) is 4.98 Å². The minimum atomic E-state index is -0.654. The molecule has 3 aromatic carbocycles. The second-order valence-electron chi connectivity index (χ2n) is 8.70. The van der Waals surface area contributed by atoms with Gasteiger partial charge in [-0.1, -0.05) is 42.5 Å². The fraction of sp³-hybridized carbons (Fsp3) is 0.100. The van der Waals surface area contributed by atoms with Gasteiger partial charge in [-0.25, -0.2) is 9.78 Å². The van der Waals surface area contributed by atoms with Crippen LogP contribution >= 0.6 is 0 Å². The van der Waals surface area contributed by atoms with Crippen LogP contribution in [-0.4, -0.2) is 48.2 Å². The molecule has 2 aromatic heterocycles. The van der Waals surface area contributed by atoms with Crippen molar-refractivity contribution in [2.24, 2.45) is 5.73 Å². The Balaban J connectivity index is 1.64. The van der Waals surface area contributed by atoms with E-state index >= 15 is 0 Å². The molecule has 200 valence electrons. The third-order valence-corrected chi connectivity index (χ3v) is 6.28. The predicted octanol–water partition coefficient (Wildman–Crippen LogP) is 5.01. The molecule has 0 aliphatic heterocycles. The minimum absolute atomic E-state index is 0.182. The summed E-state index contributed by atoms with van der Waals surface area (Å²) >= 11 is 0. The molecule has 5 rings (SSSR count). The number of hydrogen-bond acceptors (Lipinski definition) is 9. The van der Waals surface area contributed by atoms with Gasteiger partial charge in [0, 0.05) is 23.5 Å². The molecular weight excluding hydrogens is 510 g/mol. The number of anilines is 2. The van der Waals surface area contributed by atoms with Crippen molar-refractivity contribution in [2.75, 3.05) is 26.6 Å². The van der Waals surface area contributed by atoms with E-state index in [4.69, 9.17) is 19.9 Å². The first kappa shape index (κ1) is 26.1. The molecule has 5 aromatic rings. The number of nitrogens with one attached hydrogen (secondary N) is 1. The number of nitrogens with two attached hydrogens (primary N) is 1. The summed E-state index contributed by atoms with van der Waals surface area (Å²) in [7, 11) is 4.31. The number of esters is 1. The molecule has 10 nitrogen and oxygen atoms in total. The van der Waals surface area contributed by atoms with Gasteiger partial charge in [-0.15, -0.1) is 0 Å². The molecule has 0 aliphatic carbocycles. The summed E-state index contributed by atoms with van der Waals surface area (Å²) in [5.74, 6) is -0.805. The van der Waals surface area contributed by atoms with E-state index in [9.17, 15) is 9.59 Å². The van der Waals surface area contributed by atoms with Crippen molar-refractivity contribution in [3.8, 4) is 34.1 Å². The summed E-state index contributed by atoms with van der Waals surface area (Å²) < 4.78 is 15.5. The third-order valence-electron chi connectivity index (χ3n) is 6.28. The number of hydrogen-bond donors (Lipinski definition) is 2. The van der Waals surface area contributed by atoms with Crippen LogP contribution in [0.5, 0.6) is 11.9 Å². The zero-order valence-electron chi connectivity index (χ0n) is 22.0. The topological polar surface area (TPSA) is 139 Å². The summed E-state index contributed by atoms with van der Waals surface area (Å²) in [4.78, 5) is 37.8. The number of ether oxygens (including phenoxy) is 3. The fourth-order valence-corrected chi connectivity index (χ4v) is 4.36. The van der Waals surface area contributed by atoms with Crippen molar-refractivity contribution in [3.05, 3.63) is 90.3 Å². The Morgan fingerprint density at radius 1 is 0.825 bits per heavy atom. The Morgan fingerprint density at radius 3 is 2.33 bits per heavy atom. The molecule has 0 fully saturated rings. The lowest BCUT2D eigenvalue weighted by molar-refractivity contribution is 0.0600. The molecule has 0 spiro atoms. The lowest BCUT2D eigenvalue weighted by atomic mass is 10.0. The van der Waals surface area contributed by atoms with Crippen molar-refractivity contribution in [1.29, 1.82) is 0 Å². The van der Waals surface area contributed by atoms with Crippen molar-refractivity contribution < 1.29 is 23.8 Å². The monoisotopic (exact) mass is 535 g/mol. The number of carbonyl (C=O) groups excluding carboxylic acids is 2. The zero-order chi connectivity index (χ0) is 28.2. The Morgan fingerprint density at radius 2 is 1.62 bits per heavy atom. The molecule has 0 unspecified atom stereocenters. The quantitative estimate of drug-likeness (QED) is 0.263. The molecule has 2 heterocycles. The van der Waals surface area contributed by atoms with Crippen LogP contribution in [0.2, 0.25) is 0 Å².